The molecule has 2 heterocycles. The van der Waals surface area contributed by atoms with E-state index in [9.17, 15) is 5.21 Å². The number of furan rings is 1. The van der Waals surface area contributed by atoms with Gasteiger partial charge < -0.3 is 14.7 Å². The highest BCUT2D eigenvalue weighted by atomic mass is 16.5. The topological polar surface area (TPSA) is 60.3 Å². The van der Waals surface area contributed by atoms with Gasteiger partial charge in [-0.15, -0.1) is 0 Å². The molecule has 0 saturated carbocycles. The van der Waals surface area contributed by atoms with Gasteiger partial charge in [-0.2, -0.15) is 4.73 Å². The molecule has 1 N–H and O–H groups in total. The molecule has 16 heavy (non-hydrogen) atoms. The van der Waals surface area contributed by atoms with Gasteiger partial charge in [-0.05, 0) is 12.1 Å². The molecule has 0 aliphatic carbocycles. The second-order valence-electron chi connectivity index (χ2n) is 3.62. The third-order valence-electron chi connectivity index (χ3n) is 2.63. The largest absolute Gasteiger partial charge is 0.618 e. The molecular formula is C12H9NO3. The fraction of sp³-hybridized carbons (Fsp3) is 0.0833. The zero-order chi connectivity index (χ0) is 11.1. The van der Waals surface area contributed by atoms with Crippen molar-refractivity contribution in [3.63, 3.8) is 0 Å². The highest BCUT2D eigenvalue weighted by Crippen LogP contribution is 2.25. The quantitative estimate of drug-likeness (QED) is 0.496. The first-order valence-corrected chi connectivity index (χ1v) is 4.94. The molecule has 0 radical (unpaired) electrons. The van der Waals surface area contributed by atoms with Crippen LogP contribution in [0.15, 0.2) is 40.9 Å². The Labute approximate surface area is 90.9 Å². The standard InChI is InChI=1S/C12H9NO3/c14-7-8-5-10-9-3-1-2-4-11(9)13(15)6-12(10)16-8/h1-6,14H,7H2. The number of hydrogen-bond acceptors (Lipinski definition) is 3. The second-order valence-corrected chi connectivity index (χ2v) is 3.62. The van der Waals surface area contributed by atoms with Crippen molar-refractivity contribution >= 4 is 21.9 Å². The lowest BCUT2D eigenvalue weighted by Gasteiger charge is -2.00. The number of aliphatic hydroxyl groups is 1. The highest BCUT2D eigenvalue weighted by Gasteiger charge is 2.12. The zero-order valence-corrected chi connectivity index (χ0v) is 8.38. The van der Waals surface area contributed by atoms with Crippen LogP contribution in [0.2, 0.25) is 0 Å². The minimum atomic E-state index is -0.165. The van der Waals surface area contributed by atoms with E-state index in [2.05, 4.69) is 0 Å². The van der Waals surface area contributed by atoms with Crippen LogP contribution in [0.25, 0.3) is 21.9 Å². The molecule has 0 amide bonds. The van der Waals surface area contributed by atoms with Crippen LogP contribution in [-0.4, -0.2) is 5.11 Å². The van der Waals surface area contributed by atoms with E-state index in [1.807, 2.05) is 18.2 Å². The SMILES string of the molecule is [O-][n+]1cc2oc(CO)cc2c2ccccc21. The third kappa shape index (κ3) is 1.17. The van der Waals surface area contributed by atoms with Gasteiger partial charge in [0.25, 0.3) is 0 Å². The van der Waals surface area contributed by atoms with Crippen molar-refractivity contribution in [3.8, 4) is 0 Å². The van der Waals surface area contributed by atoms with Crippen molar-refractivity contribution in [2.24, 2.45) is 0 Å². The normalized spacial score (nSPS) is 11.3. The molecule has 3 aromatic rings. The third-order valence-corrected chi connectivity index (χ3v) is 2.63. The Morgan fingerprint density at radius 1 is 1.25 bits per heavy atom. The molecule has 3 rings (SSSR count). The van der Waals surface area contributed by atoms with Crippen LogP contribution in [0.4, 0.5) is 0 Å². The summed E-state index contributed by atoms with van der Waals surface area (Å²) in [5, 5.41) is 22.4. The number of aromatic nitrogens is 1. The fourth-order valence-electron chi connectivity index (χ4n) is 1.91. The fourth-order valence-corrected chi connectivity index (χ4v) is 1.91. The molecule has 4 nitrogen and oxygen atoms in total. The Hall–Kier alpha value is -2.07. The summed E-state index contributed by atoms with van der Waals surface area (Å²) < 4.78 is 6.12. The van der Waals surface area contributed by atoms with Crippen molar-refractivity contribution in [1.29, 1.82) is 0 Å². The summed E-state index contributed by atoms with van der Waals surface area (Å²) in [7, 11) is 0. The minimum Gasteiger partial charge on any atom is -0.618 e. The van der Waals surface area contributed by atoms with E-state index >= 15 is 0 Å². The number of rotatable bonds is 1. The molecule has 0 bridgehead atoms. The maximum Gasteiger partial charge on any atom is 0.224 e. The summed E-state index contributed by atoms with van der Waals surface area (Å²) >= 11 is 0. The van der Waals surface area contributed by atoms with Gasteiger partial charge in [0.15, 0.2) is 5.58 Å². The van der Waals surface area contributed by atoms with E-state index in [0.717, 1.165) is 15.5 Å². The van der Waals surface area contributed by atoms with E-state index in [4.69, 9.17) is 9.52 Å². The Kier molecular flexibility index (Phi) is 1.84. The number of para-hydroxylation sites is 1. The number of hydrogen-bond donors (Lipinski definition) is 1. The number of pyridine rings is 1. The zero-order valence-electron chi connectivity index (χ0n) is 8.38. The lowest BCUT2D eigenvalue weighted by atomic mass is 10.1. The first-order valence-electron chi connectivity index (χ1n) is 4.94. The van der Waals surface area contributed by atoms with Crippen LogP contribution < -0.4 is 4.73 Å². The number of nitrogens with zero attached hydrogens (tertiary/aromatic N) is 1. The summed E-state index contributed by atoms with van der Waals surface area (Å²) in [4.78, 5) is 0. The summed E-state index contributed by atoms with van der Waals surface area (Å²) in [6.45, 7) is -0.165. The first kappa shape index (κ1) is 9.18. The van der Waals surface area contributed by atoms with Gasteiger partial charge >= 0.3 is 0 Å². The predicted molar refractivity (Wildman–Crippen MR) is 58.6 cm³/mol. The number of benzene rings is 1. The molecule has 1 aromatic carbocycles. The van der Waals surface area contributed by atoms with Crippen LogP contribution in [0, 0.1) is 5.21 Å². The van der Waals surface area contributed by atoms with Crippen molar-refractivity contribution < 1.29 is 14.3 Å². The van der Waals surface area contributed by atoms with Crippen molar-refractivity contribution in [2.75, 3.05) is 0 Å². The Bertz CT molecular complexity index is 672. The Morgan fingerprint density at radius 3 is 2.88 bits per heavy atom. The lowest BCUT2D eigenvalue weighted by molar-refractivity contribution is -0.575. The van der Waals surface area contributed by atoms with Gasteiger partial charge in [-0.1, -0.05) is 12.1 Å². The molecule has 2 aromatic heterocycles. The average molecular weight is 215 g/mol. The van der Waals surface area contributed by atoms with Gasteiger partial charge in [0.1, 0.15) is 12.4 Å². The van der Waals surface area contributed by atoms with Gasteiger partial charge in [0, 0.05) is 11.5 Å². The summed E-state index contributed by atoms with van der Waals surface area (Å²) in [5.74, 6) is 0.464. The summed E-state index contributed by atoms with van der Waals surface area (Å²) in [5.41, 5.74) is 1.10. The van der Waals surface area contributed by atoms with Crippen LogP contribution in [0.5, 0.6) is 0 Å². The monoisotopic (exact) mass is 215 g/mol. The molecule has 4 heteroatoms. The highest BCUT2D eigenvalue weighted by molar-refractivity contribution is 6.02. The van der Waals surface area contributed by atoms with Crippen LogP contribution in [0.1, 0.15) is 5.76 Å². The van der Waals surface area contributed by atoms with Crippen LogP contribution in [0.3, 0.4) is 0 Å². The molecule has 0 unspecified atom stereocenters. The van der Waals surface area contributed by atoms with E-state index in [-0.39, 0.29) is 6.61 Å². The summed E-state index contributed by atoms with van der Waals surface area (Å²) in [6.07, 6.45) is 1.39. The molecule has 0 aliphatic rings. The summed E-state index contributed by atoms with van der Waals surface area (Å²) in [6, 6.07) is 9.07. The molecule has 0 spiro atoms. The minimum absolute atomic E-state index is 0.165. The second kappa shape index (κ2) is 3.21. The molecule has 0 fully saturated rings. The molecule has 80 valence electrons. The molecule has 0 aliphatic heterocycles. The van der Waals surface area contributed by atoms with Gasteiger partial charge in [-0.25, -0.2) is 0 Å². The smallest absolute Gasteiger partial charge is 0.224 e. The Morgan fingerprint density at radius 2 is 2.06 bits per heavy atom. The maximum atomic E-state index is 11.7. The van der Waals surface area contributed by atoms with Crippen molar-refractivity contribution in [1.82, 2.24) is 0 Å². The van der Waals surface area contributed by atoms with E-state index in [1.54, 1.807) is 12.1 Å². The van der Waals surface area contributed by atoms with E-state index in [1.165, 1.54) is 6.20 Å². The average Bonchev–Trinajstić information content (AvgIpc) is 2.72. The first-order chi connectivity index (χ1) is 7.79. The van der Waals surface area contributed by atoms with E-state index < -0.39 is 0 Å². The van der Waals surface area contributed by atoms with Crippen molar-refractivity contribution in [3.05, 3.63) is 47.5 Å². The molecule has 0 saturated heterocycles. The molecular weight excluding hydrogens is 206 g/mol. The van der Waals surface area contributed by atoms with E-state index in [0.29, 0.717) is 16.9 Å². The molecule has 0 atom stereocenters. The predicted octanol–water partition coefficient (Wildman–Crippen LogP) is 1.71. The lowest BCUT2D eigenvalue weighted by Crippen LogP contribution is -2.25. The van der Waals surface area contributed by atoms with Crippen LogP contribution >= 0.6 is 0 Å². The maximum absolute atomic E-state index is 11.7. The van der Waals surface area contributed by atoms with Gasteiger partial charge in [0.2, 0.25) is 11.7 Å². The van der Waals surface area contributed by atoms with Gasteiger partial charge in [-0.3, -0.25) is 0 Å². The van der Waals surface area contributed by atoms with Crippen molar-refractivity contribution in [2.45, 2.75) is 6.61 Å². The van der Waals surface area contributed by atoms with Gasteiger partial charge in [0.05, 0.1) is 5.39 Å². The number of aliphatic hydroxyl groups excluding tert-OH is 1. The Balaban J connectivity index is 2.52. The number of fused-ring (bicyclic) bond motifs is 3. The van der Waals surface area contributed by atoms with Crippen LogP contribution in [-0.2, 0) is 6.61 Å².